The molecule has 0 aliphatic carbocycles. The van der Waals surface area contributed by atoms with Gasteiger partial charge in [0.15, 0.2) is 0 Å². The maximum Gasteiger partial charge on any atom is 0.261 e. The van der Waals surface area contributed by atoms with Crippen LogP contribution in [0.5, 0.6) is 0 Å². The molecule has 0 aliphatic rings. The van der Waals surface area contributed by atoms with Crippen molar-refractivity contribution in [1.82, 2.24) is 10.6 Å². The monoisotopic (exact) mass is 294 g/mol. The van der Waals surface area contributed by atoms with E-state index >= 15 is 0 Å². The Morgan fingerprint density at radius 2 is 2.12 bits per heavy atom. The lowest BCUT2D eigenvalue weighted by molar-refractivity contribution is 0.0957. The molecule has 0 fully saturated rings. The van der Waals surface area contributed by atoms with E-state index in [1.807, 2.05) is 0 Å². The lowest BCUT2D eigenvalue weighted by Gasteiger charge is -2.08. The van der Waals surface area contributed by atoms with Crippen LogP contribution < -0.4 is 10.6 Å². The molecule has 0 saturated heterocycles. The summed E-state index contributed by atoms with van der Waals surface area (Å²) in [7, 11) is 0. The Kier molecular flexibility index (Phi) is 6.27. The number of carbonyl (C=O) groups excluding carboxylic acids is 1. The molecule has 6 heteroatoms. The summed E-state index contributed by atoms with van der Waals surface area (Å²) in [5, 5.41) is 6.54. The van der Waals surface area contributed by atoms with E-state index in [-0.39, 0.29) is 5.91 Å². The van der Waals surface area contributed by atoms with E-state index in [0.717, 1.165) is 13.0 Å². The minimum atomic E-state index is -0.117. The smallest absolute Gasteiger partial charge is 0.261 e. The fraction of sp³-hybridized carbons (Fsp3) is 0.545. The topological polar surface area (TPSA) is 41.1 Å². The molecular weight excluding hydrogens is 279 g/mol. The van der Waals surface area contributed by atoms with Gasteiger partial charge in [0, 0.05) is 12.6 Å². The second-order valence-corrected chi connectivity index (χ2v) is 6.01. The summed E-state index contributed by atoms with van der Waals surface area (Å²) in [6.45, 7) is 5.72. The van der Waals surface area contributed by atoms with E-state index in [1.165, 1.54) is 11.3 Å². The highest BCUT2D eigenvalue weighted by atomic mass is 35.5. The van der Waals surface area contributed by atoms with Crippen LogP contribution in [0.3, 0.4) is 0 Å². The molecule has 0 bridgehead atoms. The quantitative estimate of drug-likeness (QED) is 0.791. The van der Waals surface area contributed by atoms with Crippen LogP contribution in [0.4, 0.5) is 0 Å². The van der Waals surface area contributed by atoms with Crippen molar-refractivity contribution in [1.29, 1.82) is 0 Å². The summed E-state index contributed by atoms with van der Waals surface area (Å²) >= 11 is 12.8. The number of amides is 1. The van der Waals surface area contributed by atoms with Crippen molar-refractivity contribution >= 4 is 40.4 Å². The SMILES string of the molecule is CC(C)NCCCNC(=O)c1cc(Cl)c(Cl)s1. The number of carbonyl (C=O) groups is 1. The Labute approximate surface area is 115 Å². The fourth-order valence-electron chi connectivity index (χ4n) is 1.23. The Balaban J connectivity index is 2.26. The number of thiophene rings is 1. The van der Waals surface area contributed by atoms with E-state index in [2.05, 4.69) is 24.5 Å². The molecule has 0 atom stereocenters. The van der Waals surface area contributed by atoms with Gasteiger partial charge in [-0.25, -0.2) is 0 Å². The molecule has 1 amide bonds. The van der Waals surface area contributed by atoms with Gasteiger partial charge in [0.25, 0.3) is 5.91 Å². The Bertz CT molecular complexity index is 360. The van der Waals surface area contributed by atoms with Gasteiger partial charge in [-0.15, -0.1) is 11.3 Å². The Hall–Kier alpha value is -0.290. The molecule has 0 saturated carbocycles. The predicted octanol–water partition coefficient (Wildman–Crippen LogP) is 3.17. The zero-order valence-electron chi connectivity index (χ0n) is 9.85. The van der Waals surface area contributed by atoms with Crippen LogP contribution in [0.15, 0.2) is 6.07 Å². The van der Waals surface area contributed by atoms with Crippen LogP contribution >= 0.6 is 34.5 Å². The lowest BCUT2D eigenvalue weighted by atomic mass is 10.3. The fourth-order valence-corrected chi connectivity index (χ4v) is 2.51. The third-order valence-corrected chi connectivity index (χ3v) is 3.92. The third kappa shape index (κ3) is 5.25. The second-order valence-electron chi connectivity index (χ2n) is 3.95. The van der Waals surface area contributed by atoms with Gasteiger partial charge in [0.05, 0.1) is 9.90 Å². The highest BCUT2D eigenvalue weighted by Crippen LogP contribution is 2.31. The van der Waals surface area contributed by atoms with Crippen molar-refractivity contribution in [3.8, 4) is 0 Å². The molecule has 0 aromatic carbocycles. The van der Waals surface area contributed by atoms with Gasteiger partial charge >= 0.3 is 0 Å². The largest absolute Gasteiger partial charge is 0.351 e. The summed E-state index contributed by atoms with van der Waals surface area (Å²) in [6, 6.07) is 2.07. The molecule has 0 spiro atoms. The first-order valence-electron chi connectivity index (χ1n) is 5.47. The average molecular weight is 295 g/mol. The van der Waals surface area contributed by atoms with Crippen molar-refractivity contribution in [2.45, 2.75) is 26.3 Å². The summed E-state index contributed by atoms with van der Waals surface area (Å²) in [6.07, 6.45) is 0.900. The lowest BCUT2D eigenvalue weighted by Crippen LogP contribution is -2.29. The van der Waals surface area contributed by atoms with Gasteiger partial charge in [-0.05, 0) is 19.0 Å². The summed E-state index contributed by atoms with van der Waals surface area (Å²) in [5.41, 5.74) is 0. The molecule has 1 aromatic rings. The summed E-state index contributed by atoms with van der Waals surface area (Å²) < 4.78 is 0.457. The molecule has 17 heavy (non-hydrogen) atoms. The van der Waals surface area contributed by atoms with Gasteiger partial charge in [-0.1, -0.05) is 37.0 Å². The van der Waals surface area contributed by atoms with Gasteiger partial charge in [0.2, 0.25) is 0 Å². The zero-order valence-corrected chi connectivity index (χ0v) is 12.2. The molecule has 1 aromatic heterocycles. The van der Waals surface area contributed by atoms with E-state index in [1.54, 1.807) is 6.07 Å². The average Bonchev–Trinajstić information content (AvgIpc) is 2.58. The number of hydrogen-bond donors (Lipinski definition) is 2. The molecule has 0 radical (unpaired) electrons. The van der Waals surface area contributed by atoms with Crippen LogP contribution in [-0.4, -0.2) is 25.0 Å². The van der Waals surface area contributed by atoms with E-state index in [9.17, 15) is 4.79 Å². The first-order chi connectivity index (χ1) is 8.00. The number of hydrogen-bond acceptors (Lipinski definition) is 3. The van der Waals surface area contributed by atoms with Crippen molar-refractivity contribution in [3.05, 3.63) is 20.3 Å². The minimum Gasteiger partial charge on any atom is -0.351 e. The zero-order chi connectivity index (χ0) is 12.8. The van der Waals surface area contributed by atoms with Crippen molar-refractivity contribution in [2.75, 3.05) is 13.1 Å². The normalized spacial score (nSPS) is 10.9. The molecule has 0 unspecified atom stereocenters. The predicted molar refractivity (Wildman–Crippen MR) is 74.4 cm³/mol. The first kappa shape index (κ1) is 14.8. The van der Waals surface area contributed by atoms with Crippen LogP contribution in [-0.2, 0) is 0 Å². The molecule has 2 N–H and O–H groups in total. The third-order valence-electron chi connectivity index (χ3n) is 2.06. The number of rotatable bonds is 6. The molecule has 1 heterocycles. The minimum absolute atomic E-state index is 0.117. The standard InChI is InChI=1S/C11H16Cl2N2OS/c1-7(2)14-4-3-5-15-11(16)9-6-8(12)10(13)17-9/h6-7,14H,3-5H2,1-2H3,(H,15,16). The highest BCUT2D eigenvalue weighted by Gasteiger charge is 2.11. The van der Waals surface area contributed by atoms with E-state index < -0.39 is 0 Å². The van der Waals surface area contributed by atoms with Crippen LogP contribution in [0.25, 0.3) is 0 Å². The van der Waals surface area contributed by atoms with Crippen LogP contribution in [0, 0.1) is 0 Å². The van der Waals surface area contributed by atoms with Gasteiger partial charge in [0.1, 0.15) is 4.34 Å². The van der Waals surface area contributed by atoms with Crippen LogP contribution in [0.2, 0.25) is 9.36 Å². The highest BCUT2D eigenvalue weighted by molar-refractivity contribution is 7.18. The second kappa shape index (κ2) is 7.21. The van der Waals surface area contributed by atoms with Crippen molar-refractivity contribution in [2.24, 2.45) is 0 Å². The Morgan fingerprint density at radius 1 is 1.41 bits per heavy atom. The summed E-state index contributed by atoms with van der Waals surface area (Å²) in [4.78, 5) is 12.2. The molecule has 1 rings (SSSR count). The maximum atomic E-state index is 11.7. The first-order valence-corrected chi connectivity index (χ1v) is 7.04. The van der Waals surface area contributed by atoms with Gasteiger partial charge < -0.3 is 10.6 Å². The summed E-state index contributed by atoms with van der Waals surface area (Å²) in [5.74, 6) is -0.117. The molecule has 96 valence electrons. The Morgan fingerprint density at radius 3 is 2.65 bits per heavy atom. The maximum absolute atomic E-state index is 11.7. The van der Waals surface area contributed by atoms with E-state index in [4.69, 9.17) is 23.2 Å². The van der Waals surface area contributed by atoms with Gasteiger partial charge in [-0.3, -0.25) is 4.79 Å². The molecular formula is C11H16Cl2N2OS. The molecule has 3 nitrogen and oxygen atoms in total. The van der Waals surface area contributed by atoms with Crippen molar-refractivity contribution < 1.29 is 4.79 Å². The van der Waals surface area contributed by atoms with Crippen molar-refractivity contribution in [3.63, 3.8) is 0 Å². The molecule has 0 aliphatic heterocycles. The van der Waals surface area contributed by atoms with Crippen LogP contribution in [0.1, 0.15) is 29.9 Å². The number of nitrogens with one attached hydrogen (secondary N) is 2. The number of halogens is 2. The van der Waals surface area contributed by atoms with E-state index in [0.29, 0.717) is 26.8 Å². The van der Waals surface area contributed by atoms with Gasteiger partial charge in [-0.2, -0.15) is 0 Å².